The molecule has 0 saturated carbocycles. The van der Waals surface area contributed by atoms with Crippen molar-refractivity contribution in [1.29, 1.82) is 0 Å². The molecular weight excluding hydrogens is 202 g/mol. The number of hydrogen-bond acceptors (Lipinski definition) is 3. The van der Waals surface area contributed by atoms with Crippen LogP contribution in [0.3, 0.4) is 0 Å². The van der Waals surface area contributed by atoms with Crippen molar-refractivity contribution in [2.45, 2.75) is 18.8 Å². The fourth-order valence-electron chi connectivity index (χ4n) is 2.29. The zero-order valence-electron chi connectivity index (χ0n) is 9.95. The van der Waals surface area contributed by atoms with Gasteiger partial charge in [-0.1, -0.05) is 6.07 Å². The molecule has 0 fully saturated rings. The first-order chi connectivity index (χ1) is 7.86. The minimum absolute atomic E-state index is 0.548. The van der Waals surface area contributed by atoms with Gasteiger partial charge in [-0.05, 0) is 44.5 Å². The van der Waals surface area contributed by atoms with E-state index in [9.17, 15) is 0 Å². The van der Waals surface area contributed by atoms with E-state index < -0.39 is 0 Å². The zero-order valence-corrected chi connectivity index (χ0v) is 9.95. The number of methoxy groups -OCH3 is 1. The molecule has 1 heterocycles. The molecule has 3 nitrogen and oxygen atoms in total. The monoisotopic (exact) mass is 221 g/mol. The normalized spacial score (nSPS) is 18.8. The van der Waals surface area contributed by atoms with Gasteiger partial charge in [0.15, 0.2) is 0 Å². The van der Waals surface area contributed by atoms with E-state index in [4.69, 9.17) is 9.47 Å². The molecule has 1 aromatic rings. The molecule has 0 spiro atoms. The smallest absolute Gasteiger partial charge is 0.126 e. The van der Waals surface area contributed by atoms with Gasteiger partial charge in [-0.2, -0.15) is 0 Å². The van der Waals surface area contributed by atoms with E-state index in [1.165, 1.54) is 5.56 Å². The van der Waals surface area contributed by atoms with Crippen LogP contribution in [0.5, 0.6) is 11.5 Å². The molecule has 0 bridgehead atoms. The molecule has 1 aliphatic rings. The van der Waals surface area contributed by atoms with Crippen LogP contribution in [0.25, 0.3) is 0 Å². The van der Waals surface area contributed by atoms with Gasteiger partial charge in [-0.25, -0.2) is 0 Å². The number of nitrogens with one attached hydrogen (secondary N) is 1. The highest BCUT2D eigenvalue weighted by molar-refractivity contribution is 5.48. The Kier molecular flexibility index (Phi) is 3.67. The minimum Gasteiger partial charge on any atom is -0.496 e. The summed E-state index contributed by atoms with van der Waals surface area (Å²) in [6.07, 6.45) is 2.21. The van der Waals surface area contributed by atoms with Gasteiger partial charge >= 0.3 is 0 Å². The van der Waals surface area contributed by atoms with Gasteiger partial charge in [0.25, 0.3) is 0 Å². The third-order valence-electron chi connectivity index (χ3n) is 3.12. The molecule has 0 aromatic heterocycles. The Hall–Kier alpha value is -1.22. The van der Waals surface area contributed by atoms with Crippen molar-refractivity contribution in [1.82, 2.24) is 5.32 Å². The maximum Gasteiger partial charge on any atom is 0.126 e. The van der Waals surface area contributed by atoms with Crippen molar-refractivity contribution in [2.75, 3.05) is 27.3 Å². The maximum absolute atomic E-state index is 5.68. The van der Waals surface area contributed by atoms with Gasteiger partial charge in [0, 0.05) is 5.56 Å². The Labute approximate surface area is 96.8 Å². The standard InChI is InChI=1S/C13H19NO2/c1-14-8-6-10-7-9-16-12-5-3-4-11(15-2)13(10)12/h3-5,10,14H,6-9H2,1-2H3/t10-/m1/s1. The summed E-state index contributed by atoms with van der Waals surface area (Å²) in [5.74, 6) is 2.50. The number of rotatable bonds is 4. The largest absolute Gasteiger partial charge is 0.496 e. The summed E-state index contributed by atoms with van der Waals surface area (Å²) in [6, 6.07) is 6.03. The molecule has 88 valence electrons. The summed E-state index contributed by atoms with van der Waals surface area (Å²) in [7, 11) is 3.71. The Morgan fingerprint density at radius 2 is 2.38 bits per heavy atom. The van der Waals surface area contributed by atoms with Crippen LogP contribution in [-0.4, -0.2) is 27.3 Å². The lowest BCUT2D eigenvalue weighted by molar-refractivity contribution is 0.256. The number of fused-ring (bicyclic) bond motifs is 1. The van der Waals surface area contributed by atoms with E-state index in [2.05, 4.69) is 5.32 Å². The van der Waals surface area contributed by atoms with E-state index in [1.807, 2.05) is 25.2 Å². The minimum atomic E-state index is 0.548. The highest BCUT2D eigenvalue weighted by Crippen LogP contribution is 2.41. The van der Waals surface area contributed by atoms with Gasteiger partial charge in [0.05, 0.1) is 13.7 Å². The van der Waals surface area contributed by atoms with E-state index in [-0.39, 0.29) is 0 Å². The predicted molar refractivity (Wildman–Crippen MR) is 64.4 cm³/mol. The fourth-order valence-corrected chi connectivity index (χ4v) is 2.29. The van der Waals surface area contributed by atoms with Crippen molar-refractivity contribution in [3.63, 3.8) is 0 Å². The summed E-state index contributed by atoms with van der Waals surface area (Å²) >= 11 is 0. The molecule has 0 radical (unpaired) electrons. The average molecular weight is 221 g/mol. The number of ether oxygens (including phenoxy) is 2. The first kappa shape index (κ1) is 11.3. The van der Waals surface area contributed by atoms with Crippen LogP contribution >= 0.6 is 0 Å². The number of benzene rings is 1. The Morgan fingerprint density at radius 3 is 3.12 bits per heavy atom. The topological polar surface area (TPSA) is 30.5 Å². The van der Waals surface area contributed by atoms with E-state index >= 15 is 0 Å². The summed E-state index contributed by atoms with van der Waals surface area (Å²) in [4.78, 5) is 0. The van der Waals surface area contributed by atoms with Gasteiger partial charge in [0.2, 0.25) is 0 Å². The molecule has 1 aliphatic heterocycles. The molecule has 0 unspecified atom stereocenters. The molecule has 1 N–H and O–H groups in total. The van der Waals surface area contributed by atoms with Crippen LogP contribution in [0.1, 0.15) is 24.3 Å². The Balaban J connectivity index is 2.27. The third-order valence-corrected chi connectivity index (χ3v) is 3.12. The second-order valence-electron chi connectivity index (χ2n) is 4.10. The van der Waals surface area contributed by atoms with Gasteiger partial charge < -0.3 is 14.8 Å². The Bertz CT molecular complexity index is 338. The summed E-state index contributed by atoms with van der Waals surface area (Å²) in [5, 5.41) is 3.20. The molecule has 16 heavy (non-hydrogen) atoms. The number of hydrogen-bond donors (Lipinski definition) is 1. The second-order valence-corrected chi connectivity index (χ2v) is 4.10. The molecule has 3 heteroatoms. The summed E-state index contributed by atoms with van der Waals surface area (Å²) in [5.41, 5.74) is 1.24. The SMILES string of the molecule is CNCC[C@@H]1CCOc2cccc(OC)c21. The second kappa shape index (κ2) is 5.21. The van der Waals surface area contributed by atoms with E-state index in [0.717, 1.165) is 37.5 Å². The lowest BCUT2D eigenvalue weighted by Gasteiger charge is -2.27. The molecule has 1 aromatic carbocycles. The van der Waals surface area contributed by atoms with Crippen molar-refractivity contribution in [2.24, 2.45) is 0 Å². The van der Waals surface area contributed by atoms with E-state index in [1.54, 1.807) is 7.11 Å². The lowest BCUT2D eigenvalue weighted by Crippen LogP contribution is -2.19. The fraction of sp³-hybridized carbons (Fsp3) is 0.538. The van der Waals surface area contributed by atoms with Crippen LogP contribution in [0, 0.1) is 0 Å². The Morgan fingerprint density at radius 1 is 1.50 bits per heavy atom. The first-order valence-electron chi connectivity index (χ1n) is 5.81. The average Bonchev–Trinajstić information content (AvgIpc) is 2.35. The van der Waals surface area contributed by atoms with Gasteiger partial charge in [-0.3, -0.25) is 0 Å². The third kappa shape index (κ3) is 2.14. The molecule has 0 amide bonds. The van der Waals surface area contributed by atoms with Gasteiger partial charge in [-0.15, -0.1) is 0 Å². The molecular formula is C13H19NO2. The van der Waals surface area contributed by atoms with Crippen LogP contribution in [0.2, 0.25) is 0 Å². The van der Waals surface area contributed by atoms with Crippen LogP contribution in [-0.2, 0) is 0 Å². The summed E-state index contributed by atoms with van der Waals surface area (Å²) < 4.78 is 11.1. The van der Waals surface area contributed by atoms with Crippen molar-refractivity contribution >= 4 is 0 Å². The molecule has 2 rings (SSSR count). The quantitative estimate of drug-likeness (QED) is 0.845. The molecule has 1 atom stereocenters. The van der Waals surface area contributed by atoms with Crippen LogP contribution in [0.4, 0.5) is 0 Å². The zero-order chi connectivity index (χ0) is 11.4. The van der Waals surface area contributed by atoms with Crippen LogP contribution < -0.4 is 14.8 Å². The molecule has 0 saturated heterocycles. The predicted octanol–water partition coefficient (Wildman–Crippen LogP) is 2.17. The van der Waals surface area contributed by atoms with Crippen LogP contribution in [0.15, 0.2) is 18.2 Å². The van der Waals surface area contributed by atoms with Crippen molar-refractivity contribution < 1.29 is 9.47 Å². The van der Waals surface area contributed by atoms with Crippen molar-refractivity contribution in [3.8, 4) is 11.5 Å². The van der Waals surface area contributed by atoms with Crippen molar-refractivity contribution in [3.05, 3.63) is 23.8 Å². The first-order valence-corrected chi connectivity index (χ1v) is 5.81. The van der Waals surface area contributed by atoms with Gasteiger partial charge in [0.1, 0.15) is 11.5 Å². The lowest BCUT2D eigenvalue weighted by atomic mass is 9.89. The summed E-state index contributed by atoms with van der Waals surface area (Å²) in [6.45, 7) is 1.84. The highest BCUT2D eigenvalue weighted by Gasteiger charge is 2.24. The maximum atomic E-state index is 5.68. The highest BCUT2D eigenvalue weighted by atomic mass is 16.5. The van der Waals surface area contributed by atoms with E-state index in [0.29, 0.717) is 5.92 Å². The molecule has 0 aliphatic carbocycles.